The molecule has 0 bridgehead atoms. The fraction of sp³-hybridized carbons (Fsp3) is 0.0577. The monoisotopic (exact) mass is 730 g/mol. The van der Waals surface area contributed by atoms with E-state index in [9.17, 15) is 0 Å². The summed E-state index contributed by atoms with van der Waals surface area (Å²) in [5, 5.41) is 2.47. The van der Waals surface area contributed by atoms with Crippen LogP contribution in [0.1, 0.15) is 23.1 Å². The first-order valence-corrected chi connectivity index (χ1v) is 19.5. The lowest BCUT2D eigenvalue weighted by molar-refractivity contribution is 0.206. The number of hydrogen-bond acceptors (Lipinski definition) is 4. The van der Waals surface area contributed by atoms with Crippen LogP contribution in [-0.4, -0.2) is 25.6 Å². The van der Waals surface area contributed by atoms with E-state index in [1.807, 2.05) is 18.2 Å². The van der Waals surface area contributed by atoms with Crippen molar-refractivity contribution < 1.29 is 4.74 Å². The fourth-order valence-corrected chi connectivity index (χ4v) is 9.66. The van der Waals surface area contributed by atoms with Crippen LogP contribution in [-0.2, 0) is 5.41 Å². The maximum absolute atomic E-state index is 7.13. The Bertz CT molecular complexity index is 3040. The van der Waals surface area contributed by atoms with Crippen molar-refractivity contribution in [3.63, 3.8) is 0 Å². The van der Waals surface area contributed by atoms with E-state index in [-0.39, 0.29) is 6.10 Å². The number of para-hydroxylation sites is 3. The van der Waals surface area contributed by atoms with Gasteiger partial charge in [-0.15, -0.1) is 0 Å². The molecule has 3 aliphatic rings. The molecule has 12 rings (SSSR count). The summed E-state index contributed by atoms with van der Waals surface area (Å²) in [5.74, 6) is 2.62. The van der Waals surface area contributed by atoms with Gasteiger partial charge in [0.1, 0.15) is 11.9 Å². The Kier molecular flexibility index (Phi) is 6.90. The summed E-state index contributed by atoms with van der Waals surface area (Å²) in [7, 11) is 0. The maximum atomic E-state index is 7.13. The van der Waals surface area contributed by atoms with Gasteiger partial charge in [-0.3, -0.25) is 0 Å². The van der Waals surface area contributed by atoms with Crippen LogP contribution in [0.3, 0.4) is 0 Å². The van der Waals surface area contributed by atoms with Gasteiger partial charge in [-0.05, 0) is 70.3 Å². The molecule has 0 radical (unpaired) electrons. The molecule has 0 amide bonds. The molecule has 57 heavy (non-hydrogen) atoms. The SMILES string of the molecule is C1=CCC2Oc3c(-c4nc(-c5ccccc5)nc(-c5ccc(-n6c7ccccc7c7ccccc76)cc5)n4)cccc3C3(C2=C1)c1ccccc1-c1ccccc13. The number of nitrogens with zero attached hydrogens (tertiary/aromatic N) is 4. The second kappa shape index (κ2) is 12.3. The molecule has 2 aliphatic carbocycles. The molecule has 1 spiro atoms. The molecular weight excluding hydrogens is 697 g/mol. The summed E-state index contributed by atoms with van der Waals surface area (Å²) in [6.45, 7) is 0. The molecule has 2 aromatic heterocycles. The van der Waals surface area contributed by atoms with Gasteiger partial charge in [-0.2, -0.15) is 0 Å². The number of benzene rings is 7. The van der Waals surface area contributed by atoms with E-state index in [0.717, 1.165) is 40.1 Å². The fourth-order valence-electron chi connectivity index (χ4n) is 9.66. The molecule has 3 heterocycles. The van der Waals surface area contributed by atoms with Crippen molar-refractivity contribution in [2.75, 3.05) is 0 Å². The van der Waals surface area contributed by atoms with Gasteiger partial charge in [0.25, 0.3) is 0 Å². The van der Waals surface area contributed by atoms with Gasteiger partial charge in [0.05, 0.1) is 22.0 Å². The molecular formula is C52H34N4O. The topological polar surface area (TPSA) is 52.8 Å². The first-order valence-electron chi connectivity index (χ1n) is 19.5. The summed E-state index contributed by atoms with van der Waals surface area (Å²) >= 11 is 0. The molecule has 1 aliphatic heterocycles. The Morgan fingerprint density at radius 2 is 1.04 bits per heavy atom. The average molecular weight is 731 g/mol. The van der Waals surface area contributed by atoms with E-state index >= 15 is 0 Å². The molecule has 5 nitrogen and oxygen atoms in total. The molecule has 1 unspecified atom stereocenters. The average Bonchev–Trinajstić information content (AvgIpc) is 3.78. The van der Waals surface area contributed by atoms with E-state index < -0.39 is 5.41 Å². The Labute approximate surface area is 329 Å². The molecule has 268 valence electrons. The van der Waals surface area contributed by atoms with Crippen LogP contribution >= 0.6 is 0 Å². The van der Waals surface area contributed by atoms with E-state index in [1.165, 1.54) is 49.6 Å². The zero-order valence-corrected chi connectivity index (χ0v) is 30.9. The van der Waals surface area contributed by atoms with Gasteiger partial charge >= 0.3 is 0 Å². The number of rotatable bonds is 4. The molecule has 9 aromatic rings. The first-order chi connectivity index (χ1) is 28.3. The largest absolute Gasteiger partial charge is 0.485 e. The summed E-state index contributed by atoms with van der Waals surface area (Å²) in [5.41, 5.74) is 13.0. The molecule has 5 heteroatoms. The van der Waals surface area contributed by atoms with Crippen molar-refractivity contribution in [3.05, 3.63) is 210 Å². The molecule has 0 saturated heterocycles. The predicted octanol–water partition coefficient (Wildman–Crippen LogP) is 11.9. The lowest BCUT2D eigenvalue weighted by Gasteiger charge is -2.45. The minimum absolute atomic E-state index is 0.147. The van der Waals surface area contributed by atoms with E-state index in [0.29, 0.717) is 17.5 Å². The first kappa shape index (κ1) is 31.9. The highest BCUT2D eigenvalue weighted by Crippen LogP contribution is 2.62. The number of hydrogen-bond donors (Lipinski definition) is 0. The van der Waals surface area contributed by atoms with Crippen molar-refractivity contribution >= 4 is 21.8 Å². The second-order valence-corrected chi connectivity index (χ2v) is 15.0. The highest BCUT2D eigenvalue weighted by molar-refractivity contribution is 6.09. The van der Waals surface area contributed by atoms with Gasteiger partial charge in [0, 0.05) is 39.6 Å². The van der Waals surface area contributed by atoms with Crippen LogP contribution in [0.4, 0.5) is 0 Å². The van der Waals surface area contributed by atoms with Gasteiger partial charge in [-0.1, -0.05) is 146 Å². The Hall–Kier alpha value is -7.37. The Morgan fingerprint density at radius 3 is 1.72 bits per heavy atom. The summed E-state index contributed by atoms with van der Waals surface area (Å²) in [4.78, 5) is 15.6. The maximum Gasteiger partial charge on any atom is 0.167 e. The van der Waals surface area contributed by atoms with Crippen LogP contribution in [0, 0.1) is 0 Å². The summed E-state index contributed by atoms with van der Waals surface area (Å²) in [6.07, 6.45) is 7.31. The second-order valence-electron chi connectivity index (χ2n) is 15.0. The van der Waals surface area contributed by atoms with Gasteiger partial charge in [0.15, 0.2) is 17.5 Å². The third kappa shape index (κ3) is 4.60. The van der Waals surface area contributed by atoms with Crippen molar-refractivity contribution in [2.45, 2.75) is 17.9 Å². The molecule has 0 saturated carbocycles. The van der Waals surface area contributed by atoms with E-state index in [2.05, 4.69) is 174 Å². The molecule has 0 fully saturated rings. The van der Waals surface area contributed by atoms with Gasteiger partial charge in [0.2, 0.25) is 0 Å². The van der Waals surface area contributed by atoms with Crippen LogP contribution in [0.15, 0.2) is 194 Å². The summed E-state index contributed by atoms with van der Waals surface area (Å²) < 4.78 is 9.46. The molecule has 0 N–H and O–H groups in total. The smallest absolute Gasteiger partial charge is 0.167 e. The highest BCUT2D eigenvalue weighted by Gasteiger charge is 2.54. The number of ether oxygens (including phenoxy) is 1. The quantitative estimate of drug-likeness (QED) is 0.181. The van der Waals surface area contributed by atoms with Crippen LogP contribution < -0.4 is 4.74 Å². The standard InChI is InChI=1S/C52H34N4O/c1-2-15-33(16-3-1)49-53-50(34-29-31-35(32-30-34)56-45-26-11-6-19-38(45)39-20-7-12-27-46(39)56)55-51(54-49)40-21-14-25-44-48(40)57-47-28-13-10-24-43(47)52(44)41-22-8-4-17-36(41)37-18-5-9-23-42(37)52/h1-27,29-32,47H,28H2. The van der Waals surface area contributed by atoms with Crippen molar-refractivity contribution in [2.24, 2.45) is 0 Å². The number of aromatic nitrogens is 4. The molecule has 7 aromatic carbocycles. The number of fused-ring (bicyclic) bond motifs is 12. The Morgan fingerprint density at radius 1 is 0.491 bits per heavy atom. The number of allylic oxidation sites excluding steroid dienone is 2. The predicted molar refractivity (Wildman–Crippen MR) is 228 cm³/mol. The summed E-state index contributed by atoms with van der Waals surface area (Å²) in [6, 6.07) is 60.1. The normalized spacial score (nSPS) is 15.8. The van der Waals surface area contributed by atoms with Crippen LogP contribution in [0.2, 0.25) is 0 Å². The van der Waals surface area contributed by atoms with E-state index in [1.54, 1.807) is 0 Å². The third-order valence-corrected chi connectivity index (χ3v) is 12.0. The van der Waals surface area contributed by atoms with Crippen molar-refractivity contribution in [1.29, 1.82) is 0 Å². The highest BCUT2D eigenvalue weighted by atomic mass is 16.5. The van der Waals surface area contributed by atoms with Crippen LogP contribution in [0.25, 0.3) is 72.8 Å². The zero-order valence-electron chi connectivity index (χ0n) is 30.9. The minimum Gasteiger partial charge on any atom is -0.485 e. The van der Waals surface area contributed by atoms with Gasteiger partial charge < -0.3 is 9.30 Å². The zero-order chi connectivity index (χ0) is 37.5. The third-order valence-electron chi connectivity index (χ3n) is 12.0. The van der Waals surface area contributed by atoms with Crippen molar-refractivity contribution in [1.82, 2.24) is 19.5 Å². The van der Waals surface area contributed by atoms with Crippen molar-refractivity contribution in [3.8, 4) is 56.7 Å². The molecule has 1 atom stereocenters. The lowest BCUT2D eigenvalue weighted by Crippen LogP contribution is -2.42. The Balaban J connectivity index is 1.05. The van der Waals surface area contributed by atoms with E-state index in [4.69, 9.17) is 19.7 Å². The minimum atomic E-state index is -0.521. The lowest BCUT2D eigenvalue weighted by atomic mass is 9.63. The van der Waals surface area contributed by atoms with Crippen LogP contribution in [0.5, 0.6) is 5.75 Å². The van der Waals surface area contributed by atoms with Gasteiger partial charge in [-0.25, -0.2) is 15.0 Å².